The van der Waals surface area contributed by atoms with E-state index in [0.717, 1.165) is 5.56 Å². The Kier molecular flexibility index (Phi) is 3.91. The van der Waals surface area contributed by atoms with E-state index >= 15 is 0 Å². The molecular weight excluding hydrogens is 273 g/mol. The van der Waals surface area contributed by atoms with Gasteiger partial charge in [0.2, 0.25) is 0 Å². The highest BCUT2D eigenvalue weighted by Gasteiger charge is 2.05. The Morgan fingerprint density at radius 1 is 1.37 bits per heavy atom. The molecule has 0 atom stereocenters. The largest absolute Gasteiger partial charge is 0.366 e. The highest BCUT2D eigenvalue weighted by atomic mass is 35.5. The Morgan fingerprint density at radius 2 is 2.16 bits per heavy atom. The number of anilines is 1. The van der Waals surface area contributed by atoms with Gasteiger partial charge in [-0.2, -0.15) is 0 Å². The number of nitro groups is 1. The number of nitrogens with one attached hydrogen (secondary N) is 1. The molecule has 0 aliphatic rings. The fraction of sp³-hybridized carbons (Fsp3) is 0.0833. The first-order valence-corrected chi connectivity index (χ1v) is 5.72. The highest BCUT2D eigenvalue weighted by Crippen LogP contribution is 2.17. The lowest BCUT2D eigenvalue weighted by molar-refractivity contribution is -0.385. The SMILES string of the molecule is O=[N+]([O-])c1ccc(NCc2ccc(F)c(Cl)c2)nc1. The number of nitrogens with zero attached hydrogens (tertiary/aromatic N) is 2. The first kappa shape index (κ1) is 13.2. The van der Waals surface area contributed by atoms with E-state index in [-0.39, 0.29) is 10.7 Å². The molecule has 2 rings (SSSR count). The zero-order chi connectivity index (χ0) is 13.8. The Bertz CT molecular complexity index is 604. The van der Waals surface area contributed by atoms with Gasteiger partial charge >= 0.3 is 0 Å². The van der Waals surface area contributed by atoms with Crippen molar-refractivity contribution in [1.82, 2.24) is 4.98 Å². The lowest BCUT2D eigenvalue weighted by atomic mass is 10.2. The molecule has 5 nitrogen and oxygen atoms in total. The molecule has 98 valence electrons. The van der Waals surface area contributed by atoms with Crippen molar-refractivity contribution in [3.05, 3.63) is 63.0 Å². The molecule has 1 N–H and O–H groups in total. The molecule has 0 amide bonds. The van der Waals surface area contributed by atoms with E-state index in [9.17, 15) is 14.5 Å². The number of benzene rings is 1. The molecule has 1 heterocycles. The van der Waals surface area contributed by atoms with Gasteiger partial charge in [0.05, 0.1) is 9.95 Å². The van der Waals surface area contributed by atoms with Gasteiger partial charge < -0.3 is 5.32 Å². The maximum Gasteiger partial charge on any atom is 0.287 e. The molecule has 0 spiro atoms. The van der Waals surface area contributed by atoms with Crippen LogP contribution in [0.25, 0.3) is 0 Å². The number of rotatable bonds is 4. The van der Waals surface area contributed by atoms with Gasteiger partial charge in [0, 0.05) is 12.6 Å². The molecule has 0 fully saturated rings. The smallest absolute Gasteiger partial charge is 0.287 e. The van der Waals surface area contributed by atoms with Crippen molar-refractivity contribution in [2.24, 2.45) is 0 Å². The topological polar surface area (TPSA) is 68.1 Å². The number of pyridine rings is 1. The molecule has 0 unspecified atom stereocenters. The third-order valence-electron chi connectivity index (χ3n) is 2.42. The third kappa shape index (κ3) is 3.38. The van der Waals surface area contributed by atoms with Gasteiger partial charge in [0.1, 0.15) is 17.8 Å². The van der Waals surface area contributed by atoms with E-state index in [1.165, 1.54) is 30.5 Å². The fourth-order valence-electron chi connectivity index (χ4n) is 1.44. The zero-order valence-corrected chi connectivity index (χ0v) is 10.4. The van der Waals surface area contributed by atoms with Crippen molar-refractivity contribution < 1.29 is 9.31 Å². The van der Waals surface area contributed by atoms with E-state index < -0.39 is 10.7 Å². The van der Waals surface area contributed by atoms with Crippen LogP contribution in [0.15, 0.2) is 36.5 Å². The number of hydrogen-bond donors (Lipinski definition) is 1. The Morgan fingerprint density at radius 3 is 2.74 bits per heavy atom. The van der Waals surface area contributed by atoms with Crippen LogP contribution in [0.5, 0.6) is 0 Å². The molecule has 0 saturated heterocycles. The lowest BCUT2D eigenvalue weighted by Gasteiger charge is -2.06. The minimum atomic E-state index is -0.517. The van der Waals surface area contributed by atoms with Crippen LogP contribution in [-0.4, -0.2) is 9.91 Å². The van der Waals surface area contributed by atoms with Gasteiger partial charge in [0.15, 0.2) is 0 Å². The third-order valence-corrected chi connectivity index (χ3v) is 2.71. The summed E-state index contributed by atoms with van der Waals surface area (Å²) >= 11 is 5.66. The fourth-order valence-corrected chi connectivity index (χ4v) is 1.64. The van der Waals surface area contributed by atoms with E-state index in [0.29, 0.717) is 12.4 Å². The number of hydrogen-bond acceptors (Lipinski definition) is 4. The van der Waals surface area contributed by atoms with E-state index in [1.807, 2.05) is 0 Å². The predicted octanol–water partition coefficient (Wildman–Crippen LogP) is 3.39. The standard InChI is InChI=1S/C12H9ClFN3O2/c13-10-5-8(1-3-11(10)14)6-15-12-4-2-9(7-16-12)17(18)19/h1-5,7H,6H2,(H,15,16). The summed E-state index contributed by atoms with van der Waals surface area (Å²) < 4.78 is 13.0. The van der Waals surface area contributed by atoms with Crippen LogP contribution in [0.4, 0.5) is 15.9 Å². The molecule has 0 saturated carbocycles. The van der Waals surface area contributed by atoms with Crippen molar-refractivity contribution in [2.75, 3.05) is 5.32 Å². The molecule has 19 heavy (non-hydrogen) atoms. The van der Waals surface area contributed by atoms with Crippen LogP contribution in [-0.2, 0) is 6.54 Å². The maximum absolute atomic E-state index is 13.0. The molecule has 1 aromatic heterocycles. The summed E-state index contributed by atoms with van der Waals surface area (Å²) in [5, 5.41) is 13.5. The van der Waals surface area contributed by atoms with E-state index in [1.54, 1.807) is 6.07 Å². The second kappa shape index (κ2) is 5.62. The first-order valence-electron chi connectivity index (χ1n) is 5.34. The van der Waals surface area contributed by atoms with Gasteiger partial charge in [0.25, 0.3) is 5.69 Å². The second-order valence-electron chi connectivity index (χ2n) is 3.76. The van der Waals surface area contributed by atoms with Gasteiger partial charge in [-0.05, 0) is 23.8 Å². The number of aromatic nitrogens is 1. The summed E-state index contributed by atoms with van der Waals surface area (Å²) in [6.45, 7) is 0.394. The van der Waals surface area contributed by atoms with Crippen molar-refractivity contribution >= 4 is 23.1 Å². The van der Waals surface area contributed by atoms with Gasteiger partial charge in [-0.25, -0.2) is 9.37 Å². The lowest BCUT2D eigenvalue weighted by Crippen LogP contribution is -2.01. The van der Waals surface area contributed by atoms with Crippen molar-refractivity contribution in [3.8, 4) is 0 Å². The maximum atomic E-state index is 13.0. The monoisotopic (exact) mass is 281 g/mol. The first-order chi connectivity index (χ1) is 9.06. The van der Waals surface area contributed by atoms with Crippen LogP contribution in [0.2, 0.25) is 5.02 Å². The quantitative estimate of drug-likeness (QED) is 0.689. The summed E-state index contributed by atoms with van der Waals surface area (Å²) in [5.74, 6) is 0.0184. The minimum absolute atomic E-state index is 0.0518. The molecule has 0 aliphatic heterocycles. The average Bonchev–Trinajstić information content (AvgIpc) is 2.40. The van der Waals surface area contributed by atoms with Crippen molar-refractivity contribution in [2.45, 2.75) is 6.54 Å². The van der Waals surface area contributed by atoms with Gasteiger partial charge in [-0.3, -0.25) is 10.1 Å². The van der Waals surface area contributed by atoms with Crippen LogP contribution in [0, 0.1) is 15.9 Å². The van der Waals surface area contributed by atoms with Crippen molar-refractivity contribution in [1.29, 1.82) is 0 Å². The molecule has 0 radical (unpaired) electrons. The van der Waals surface area contributed by atoms with Crippen LogP contribution >= 0.6 is 11.6 Å². The average molecular weight is 282 g/mol. The summed E-state index contributed by atoms with van der Waals surface area (Å²) in [6, 6.07) is 7.24. The number of halogens is 2. The molecule has 0 aliphatic carbocycles. The van der Waals surface area contributed by atoms with E-state index in [4.69, 9.17) is 11.6 Å². The van der Waals surface area contributed by atoms with Crippen molar-refractivity contribution in [3.63, 3.8) is 0 Å². The summed E-state index contributed by atoms with van der Waals surface area (Å²) in [6.07, 6.45) is 1.17. The molecular formula is C12H9ClFN3O2. The minimum Gasteiger partial charge on any atom is -0.366 e. The molecule has 7 heteroatoms. The molecule has 2 aromatic rings. The Balaban J connectivity index is 2.01. The summed E-state index contributed by atoms with van der Waals surface area (Å²) in [4.78, 5) is 13.8. The van der Waals surface area contributed by atoms with Crippen LogP contribution < -0.4 is 5.32 Å². The Hall–Kier alpha value is -2.21. The second-order valence-corrected chi connectivity index (χ2v) is 4.17. The zero-order valence-electron chi connectivity index (χ0n) is 9.64. The van der Waals surface area contributed by atoms with Gasteiger partial charge in [-0.15, -0.1) is 0 Å². The predicted molar refractivity (Wildman–Crippen MR) is 69.6 cm³/mol. The van der Waals surface area contributed by atoms with E-state index in [2.05, 4.69) is 10.3 Å². The summed E-state index contributed by atoms with van der Waals surface area (Å²) in [5.41, 5.74) is 0.710. The highest BCUT2D eigenvalue weighted by molar-refractivity contribution is 6.30. The molecule has 1 aromatic carbocycles. The normalized spacial score (nSPS) is 10.2. The Labute approximate surface area is 113 Å². The van der Waals surface area contributed by atoms with Crippen LogP contribution in [0.1, 0.15) is 5.56 Å². The summed E-state index contributed by atoms with van der Waals surface area (Å²) in [7, 11) is 0. The van der Waals surface area contributed by atoms with Crippen LogP contribution in [0.3, 0.4) is 0 Å². The van der Waals surface area contributed by atoms with Gasteiger partial charge in [-0.1, -0.05) is 17.7 Å². The molecule has 0 bridgehead atoms.